The first-order chi connectivity index (χ1) is 13.1. The molecule has 2 fully saturated rings. The Kier molecular flexibility index (Phi) is 4.38. The minimum atomic E-state index is -0.922. The number of carbonyl (C=O) groups is 2. The molecule has 4 rings (SSSR count). The van der Waals surface area contributed by atoms with Gasteiger partial charge >= 0.3 is 5.97 Å². The Balaban J connectivity index is 1.47. The van der Waals surface area contributed by atoms with Crippen molar-refractivity contribution in [1.82, 2.24) is 4.90 Å². The van der Waals surface area contributed by atoms with Crippen molar-refractivity contribution in [2.24, 2.45) is 0 Å². The predicted molar refractivity (Wildman–Crippen MR) is 101 cm³/mol. The van der Waals surface area contributed by atoms with Crippen molar-refractivity contribution in [2.45, 2.75) is 36.7 Å². The van der Waals surface area contributed by atoms with Gasteiger partial charge in [0.25, 0.3) is 5.91 Å². The highest BCUT2D eigenvalue weighted by Gasteiger charge is 2.56. The van der Waals surface area contributed by atoms with E-state index in [0.29, 0.717) is 44.5 Å². The first kappa shape index (κ1) is 17.6. The lowest BCUT2D eigenvalue weighted by atomic mass is 9.72. The van der Waals surface area contributed by atoms with E-state index in [4.69, 9.17) is 4.74 Å². The summed E-state index contributed by atoms with van der Waals surface area (Å²) in [6.07, 6.45) is 2.25. The van der Waals surface area contributed by atoms with Gasteiger partial charge in [0, 0.05) is 25.9 Å². The molecule has 5 nitrogen and oxygen atoms in total. The highest BCUT2D eigenvalue weighted by atomic mass is 16.5. The third-order valence-electron chi connectivity index (χ3n) is 5.79. The highest BCUT2D eigenvalue weighted by Crippen LogP contribution is 2.44. The molecule has 1 amide bonds. The summed E-state index contributed by atoms with van der Waals surface area (Å²) in [5.74, 6) is -0.134. The van der Waals surface area contributed by atoms with E-state index in [0.717, 1.165) is 5.56 Å². The summed E-state index contributed by atoms with van der Waals surface area (Å²) >= 11 is 0. The molecule has 1 aliphatic carbocycles. The van der Waals surface area contributed by atoms with Crippen LogP contribution in [0.2, 0.25) is 0 Å². The first-order valence-corrected chi connectivity index (χ1v) is 9.38. The highest BCUT2D eigenvalue weighted by molar-refractivity contribution is 5.89. The monoisotopic (exact) mass is 365 g/mol. The average molecular weight is 365 g/mol. The molecule has 0 unspecified atom stereocenters. The van der Waals surface area contributed by atoms with E-state index in [1.54, 1.807) is 4.90 Å². The third-order valence-corrected chi connectivity index (χ3v) is 5.79. The summed E-state index contributed by atoms with van der Waals surface area (Å²) in [5.41, 5.74) is -0.877. The van der Waals surface area contributed by atoms with E-state index in [9.17, 15) is 14.7 Å². The van der Waals surface area contributed by atoms with Crippen LogP contribution in [-0.2, 0) is 15.0 Å². The number of aliphatic carboxylic acids is 1. The van der Waals surface area contributed by atoms with Crippen LogP contribution in [0.25, 0.3) is 0 Å². The van der Waals surface area contributed by atoms with E-state index in [-0.39, 0.29) is 5.91 Å². The lowest BCUT2D eigenvalue weighted by molar-refractivity contribution is -0.150. The Morgan fingerprint density at radius 1 is 0.852 bits per heavy atom. The van der Waals surface area contributed by atoms with Gasteiger partial charge in [0.1, 0.15) is 5.75 Å². The van der Waals surface area contributed by atoms with Gasteiger partial charge in [-0.15, -0.1) is 0 Å². The number of benzene rings is 2. The van der Waals surface area contributed by atoms with Gasteiger partial charge in [-0.2, -0.15) is 0 Å². The molecular formula is C22H23NO4. The minimum Gasteiger partial charge on any atom is -0.481 e. The Morgan fingerprint density at radius 2 is 1.41 bits per heavy atom. The second kappa shape index (κ2) is 6.72. The molecule has 27 heavy (non-hydrogen) atoms. The van der Waals surface area contributed by atoms with Crippen LogP contribution in [0.15, 0.2) is 60.7 Å². The van der Waals surface area contributed by atoms with Crippen LogP contribution in [0.4, 0.5) is 0 Å². The molecule has 0 bridgehead atoms. The molecule has 0 aromatic heterocycles. The van der Waals surface area contributed by atoms with Crippen LogP contribution < -0.4 is 4.74 Å². The normalized spacial score (nSPS) is 19.9. The number of likely N-dealkylation sites (tertiary alicyclic amines) is 1. The van der Waals surface area contributed by atoms with Gasteiger partial charge in [0.05, 0.1) is 5.41 Å². The summed E-state index contributed by atoms with van der Waals surface area (Å²) in [6.45, 7) is 0.861. The Morgan fingerprint density at radius 3 is 1.93 bits per heavy atom. The van der Waals surface area contributed by atoms with Gasteiger partial charge in [-0.1, -0.05) is 48.5 Å². The van der Waals surface area contributed by atoms with E-state index in [1.807, 2.05) is 60.7 Å². The maximum Gasteiger partial charge on any atom is 0.314 e. The summed E-state index contributed by atoms with van der Waals surface area (Å²) in [4.78, 5) is 26.9. The molecule has 2 aromatic carbocycles. The van der Waals surface area contributed by atoms with Crippen molar-refractivity contribution in [3.8, 4) is 5.75 Å². The summed E-state index contributed by atoms with van der Waals surface area (Å²) in [6, 6.07) is 18.7. The van der Waals surface area contributed by atoms with Gasteiger partial charge in [0.2, 0.25) is 0 Å². The fourth-order valence-electron chi connectivity index (χ4n) is 3.95. The second-order valence-electron chi connectivity index (χ2n) is 7.45. The van der Waals surface area contributed by atoms with Crippen LogP contribution in [-0.4, -0.2) is 40.6 Å². The van der Waals surface area contributed by atoms with E-state index < -0.39 is 17.0 Å². The molecule has 0 spiro atoms. The molecule has 2 aromatic rings. The van der Waals surface area contributed by atoms with Crippen molar-refractivity contribution in [3.63, 3.8) is 0 Å². The Hall–Kier alpha value is -2.82. The Bertz CT molecular complexity index is 822. The van der Waals surface area contributed by atoms with E-state index in [2.05, 4.69) is 0 Å². The summed E-state index contributed by atoms with van der Waals surface area (Å²) < 4.78 is 6.00. The second-order valence-corrected chi connectivity index (χ2v) is 7.45. The van der Waals surface area contributed by atoms with Crippen LogP contribution in [0, 0.1) is 0 Å². The molecule has 1 saturated carbocycles. The maximum atomic E-state index is 13.1. The molecule has 5 heteroatoms. The van der Waals surface area contributed by atoms with Crippen molar-refractivity contribution in [3.05, 3.63) is 66.2 Å². The van der Waals surface area contributed by atoms with Crippen molar-refractivity contribution in [2.75, 3.05) is 13.1 Å². The summed E-state index contributed by atoms with van der Waals surface area (Å²) in [5, 5.41) is 9.91. The van der Waals surface area contributed by atoms with Crippen molar-refractivity contribution >= 4 is 11.9 Å². The fraction of sp³-hybridized carbons (Fsp3) is 0.364. The summed E-state index contributed by atoms with van der Waals surface area (Å²) in [7, 11) is 0. The third kappa shape index (κ3) is 3.18. The molecule has 1 heterocycles. The molecule has 0 atom stereocenters. The number of piperidine rings is 1. The number of carboxylic acid groups (broad SMARTS) is 1. The van der Waals surface area contributed by atoms with Gasteiger partial charge < -0.3 is 14.7 Å². The zero-order valence-corrected chi connectivity index (χ0v) is 15.1. The Labute approximate surface area is 158 Å². The molecule has 2 aliphatic rings. The number of carbonyl (C=O) groups excluding carboxylic acids is 1. The number of nitrogens with zero attached hydrogens (tertiary/aromatic N) is 1. The molecule has 1 saturated heterocycles. The smallest absolute Gasteiger partial charge is 0.314 e. The first-order valence-electron chi connectivity index (χ1n) is 9.38. The van der Waals surface area contributed by atoms with Gasteiger partial charge in [-0.05, 0) is 30.5 Å². The zero-order valence-electron chi connectivity index (χ0n) is 15.1. The van der Waals surface area contributed by atoms with Gasteiger partial charge in [-0.3, -0.25) is 9.59 Å². The average Bonchev–Trinajstić information content (AvgIpc) is 3.49. The fourth-order valence-corrected chi connectivity index (χ4v) is 3.95. The number of hydrogen-bond donors (Lipinski definition) is 1. The van der Waals surface area contributed by atoms with Crippen molar-refractivity contribution < 1.29 is 19.4 Å². The standard InChI is InChI=1S/C22H23NO4/c24-19(22(11-12-22)27-18-9-5-2-6-10-18)23-15-13-21(14-16-23,20(25)26)17-7-3-1-4-8-17/h1-10H,11-16H2,(H,25,26). The number of hydrogen-bond acceptors (Lipinski definition) is 3. The minimum absolute atomic E-state index is 0.0154. The van der Waals surface area contributed by atoms with Crippen LogP contribution in [0.3, 0.4) is 0 Å². The quantitative estimate of drug-likeness (QED) is 0.883. The number of para-hydroxylation sites is 1. The van der Waals surface area contributed by atoms with E-state index >= 15 is 0 Å². The predicted octanol–water partition coefficient (Wildman–Crippen LogP) is 3.24. The SMILES string of the molecule is O=C(N1CCC(C(=O)O)(c2ccccc2)CC1)C1(Oc2ccccc2)CC1. The van der Waals surface area contributed by atoms with Crippen LogP contribution >= 0.6 is 0 Å². The lowest BCUT2D eigenvalue weighted by Gasteiger charge is -2.40. The lowest BCUT2D eigenvalue weighted by Crippen LogP contribution is -2.52. The molecule has 1 N–H and O–H groups in total. The van der Waals surface area contributed by atoms with Gasteiger partial charge in [0.15, 0.2) is 5.60 Å². The van der Waals surface area contributed by atoms with E-state index in [1.165, 1.54) is 0 Å². The molecule has 1 aliphatic heterocycles. The molecule has 140 valence electrons. The molecular weight excluding hydrogens is 342 g/mol. The number of ether oxygens (including phenoxy) is 1. The van der Waals surface area contributed by atoms with Crippen molar-refractivity contribution in [1.29, 1.82) is 0 Å². The maximum absolute atomic E-state index is 13.1. The topological polar surface area (TPSA) is 66.8 Å². The number of rotatable bonds is 5. The largest absolute Gasteiger partial charge is 0.481 e. The zero-order chi connectivity index (χ0) is 18.9. The van der Waals surface area contributed by atoms with Crippen LogP contribution in [0.1, 0.15) is 31.2 Å². The molecule has 0 radical (unpaired) electrons. The number of amides is 1. The van der Waals surface area contributed by atoms with Gasteiger partial charge in [-0.25, -0.2) is 0 Å². The number of carboxylic acids is 1. The van der Waals surface area contributed by atoms with Crippen LogP contribution in [0.5, 0.6) is 5.75 Å².